The van der Waals surface area contributed by atoms with Crippen LogP contribution in [0.3, 0.4) is 0 Å². The number of benzene rings is 2. The number of hydrogen-bond donors (Lipinski definition) is 1. The summed E-state index contributed by atoms with van der Waals surface area (Å²) in [6.07, 6.45) is 0. The second-order valence-electron chi connectivity index (χ2n) is 4.33. The maximum Gasteiger partial charge on any atom is 0.387 e. The lowest BCUT2D eigenvalue weighted by Gasteiger charge is -2.09. The Morgan fingerprint density at radius 3 is 2.55 bits per heavy atom. The number of amides is 1. The molecule has 0 aliphatic carbocycles. The summed E-state index contributed by atoms with van der Waals surface area (Å²) >= 11 is 5.42. The van der Waals surface area contributed by atoms with Crippen LogP contribution in [0.4, 0.5) is 8.78 Å². The molecule has 2 aromatic rings. The molecule has 0 aliphatic heterocycles. The topological polar surface area (TPSA) is 38.3 Å². The molecule has 0 unspecified atom stereocenters. The average Bonchev–Trinajstić information content (AvgIpc) is 2.48. The number of rotatable bonds is 5. The Morgan fingerprint density at radius 2 is 1.91 bits per heavy atom. The van der Waals surface area contributed by atoms with Gasteiger partial charge in [0.25, 0.3) is 5.91 Å². The highest BCUT2D eigenvalue weighted by atomic mass is 127. The lowest BCUT2D eigenvalue weighted by molar-refractivity contribution is -0.0498. The summed E-state index contributed by atoms with van der Waals surface area (Å²) in [5.41, 5.74) is 1.37. The number of carbonyl (C=O) groups is 1. The van der Waals surface area contributed by atoms with Crippen molar-refractivity contribution in [1.82, 2.24) is 5.32 Å². The molecule has 0 heterocycles. The number of carbonyl (C=O) groups excluding carboxylic acids is 1. The van der Waals surface area contributed by atoms with E-state index in [0.717, 1.165) is 13.6 Å². The van der Waals surface area contributed by atoms with Crippen LogP contribution in [0, 0.1) is 3.57 Å². The van der Waals surface area contributed by atoms with Gasteiger partial charge in [-0.2, -0.15) is 8.78 Å². The van der Waals surface area contributed by atoms with Crippen molar-refractivity contribution in [3.8, 4) is 5.75 Å². The highest BCUT2D eigenvalue weighted by Gasteiger charge is 2.10. The van der Waals surface area contributed by atoms with Crippen LogP contribution in [0.25, 0.3) is 0 Å². The van der Waals surface area contributed by atoms with E-state index in [4.69, 9.17) is 0 Å². The van der Waals surface area contributed by atoms with Crippen molar-refractivity contribution in [2.75, 3.05) is 0 Å². The predicted molar refractivity (Wildman–Crippen MR) is 91.1 cm³/mol. The minimum absolute atomic E-state index is 0.0895. The Kier molecular flexibility index (Phi) is 6.13. The minimum Gasteiger partial charge on any atom is -0.435 e. The van der Waals surface area contributed by atoms with Crippen LogP contribution in [0.15, 0.2) is 46.9 Å². The van der Waals surface area contributed by atoms with Gasteiger partial charge < -0.3 is 10.1 Å². The standard InChI is InChI=1S/C15H11BrF2INO2/c16-10-3-6-13(19)12(7-10)14(21)20-8-9-1-4-11(5-2-9)22-15(17)18/h1-7,15H,8H2,(H,20,21). The van der Waals surface area contributed by atoms with Crippen molar-refractivity contribution in [1.29, 1.82) is 0 Å². The number of nitrogens with one attached hydrogen (secondary N) is 1. The summed E-state index contributed by atoms with van der Waals surface area (Å²) in [4.78, 5) is 12.1. The van der Waals surface area contributed by atoms with E-state index < -0.39 is 6.61 Å². The normalized spacial score (nSPS) is 10.6. The maximum absolute atomic E-state index is 12.1. The summed E-state index contributed by atoms with van der Waals surface area (Å²) in [5, 5.41) is 2.79. The Labute approximate surface area is 148 Å². The molecule has 0 bridgehead atoms. The van der Waals surface area contributed by atoms with Crippen molar-refractivity contribution < 1.29 is 18.3 Å². The Bertz CT molecular complexity index is 665. The molecule has 1 N–H and O–H groups in total. The van der Waals surface area contributed by atoms with Crippen LogP contribution in [-0.2, 0) is 6.54 Å². The molecule has 0 radical (unpaired) electrons. The van der Waals surface area contributed by atoms with E-state index in [-0.39, 0.29) is 11.7 Å². The quantitative estimate of drug-likeness (QED) is 0.634. The van der Waals surface area contributed by atoms with Gasteiger partial charge in [-0.3, -0.25) is 4.79 Å². The SMILES string of the molecule is O=C(NCc1ccc(OC(F)F)cc1)c1cc(Br)ccc1I. The van der Waals surface area contributed by atoms with E-state index in [9.17, 15) is 13.6 Å². The van der Waals surface area contributed by atoms with Gasteiger partial charge in [-0.25, -0.2) is 0 Å². The van der Waals surface area contributed by atoms with Gasteiger partial charge >= 0.3 is 6.61 Å². The molecule has 0 aliphatic rings. The van der Waals surface area contributed by atoms with Gasteiger partial charge in [0.05, 0.1) is 5.56 Å². The predicted octanol–water partition coefficient (Wildman–Crippen LogP) is 4.59. The second-order valence-corrected chi connectivity index (χ2v) is 6.41. The van der Waals surface area contributed by atoms with Crippen LogP contribution >= 0.6 is 38.5 Å². The third kappa shape index (κ3) is 4.91. The largest absolute Gasteiger partial charge is 0.435 e. The molecule has 0 spiro atoms. The summed E-state index contributed by atoms with van der Waals surface area (Å²) in [7, 11) is 0. The second kappa shape index (κ2) is 7.87. The van der Waals surface area contributed by atoms with E-state index >= 15 is 0 Å². The first-order chi connectivity index (χ1) is 10.5. The Balaban J connectivity index is 1.97. The molecule has 22 heavy (non-hydrogen) atoms. The molecule has 0 saturated carbocycles. The molecule has 1 amide bonds. The molecule has 2 rings (SSSR count). The maximum atomic E-state index is 12.1. The van der Waals surface area contributed by atoms with Crippen molar-refractivity contribution in [3.05, 3.63) is 61.6 Å². The van der Waals surface area contributed by atoms with Crippen LogP contribution in [0.2, 0.25) is 0 Å². The van der Waals surface area contributed by atoms with Gasteiger partial charge in [0.15, 0.2) is 0 Å². The lowest BCUT2D eigenvalue weighted by Crippen LogP contribution is -2.23. The van der Waals surface area contributed by atoms with E-state index in [2.05, 4.69) is 48.6 Å². The number of ether oxygens (including phenoxy) is 1. The molecule has 116 valence electrons. The van der Waals surface area contributed by atoms with Gasteiger partial charge in [0, 0.05) is 14.6 Å². The highest BCUT2D eigenvalue weighted by Crippen LogP contribution is 2.19. The van der Waals surface area contributed by atoms with Crippen molar-refractivity contribution in [2.45, 2.75) is 13.2 Å². The third-order valence-electron chi connectivity index (χ3n) is 2.77. The fraction of sp³-hybridized carbons (Fsp3) is 0.133. The zero-order valence-corrected chi connectivity index (χ0v) is 14.9. The van der Waals surface area contributed by atoms with Crippen molar-refractivity contribution in [2.24, 2.45) is 0 Å². The fourth-order valence-corrected chi connectivity index (χ4v) is 2.68. The molecule has 0 aromatic heterocycles. The minimum atomic E-state index is -2.84. The molecule has 0 fully saturated rings. The summed E-state index contributed by atoms with van der Waals surface area (Å²) < 4.78 is 30.0. The van der Waals surface area contributed by atoms with Gasteiger partial charge in [0.2, 0.25) is 0 Å². The number of hydrogen-bond acceptors (Lipinski definition) is 2. The summed E-state index contributed by atoms with van der Waals surface area (Å²) in [6.45, 7) is -2.54. The summed E-state index contributed by atoms with van der Waals surface area (Å²) in [6, 6.07) is 11.6. The molecular weight excluding hydrogens is 471 g/mol. The van der Waals surface area contributed by atoms with E-state index in [0.29, 0.717) is 12.1 Å². The van der Waals surface area contributed by atoms with Gasteiger partial charge in [0.1, 0.15) is 5.75 Å². The fourth-order valence-electron chi connectivity index (χ4n) is 1.74. The smallest absolute Gasteiger partial charge is 0.387 e. The first kappa shape index (κ1) is 17.1. The Hall–Kier alpha value is -1.22. The van der Waals surface area contributed by atoms with Gasteiger partial charge in [-0.15, -0.1) is 0 Å². The highest BCUT2D eigenvalue weighted by molar-refractivity contribution is 14.1. The first-order valence-corrected chi connectivity index (χ1v) is 8.10. The van der Waals surface area contributed by atoms with E-state index in [1.54, 1.807) is 18.2 Å². The molecule has 3 nitrogen and oxygen atoms in total. The van der Waals surface area contributed by atoms with E-state index in [1.165, 1.54) is 12.1 Å². The first-order valence-electron chi connectivity index (χ1n) is 6.22. The number of halogens is 4. The van der Waals surface area contributed by atoms with Crippen LogP contribution in [-0.4, -0.2) is 12.5 Å². The molecular formula is C15H11BrF2INO2. The van der Waals surface area contributed by atoms with Crippen molar-refractivity contribution >= 4 is 44.4 Å². The monoisotopic (exact) mass is 481 g/mol. The van der Waals surface area contributed by atoms with Crippen LogP contribution in [0.5, 0.6) is 5.75 Å². The molecule has 7 heteroatoms. The van der Waals surface area contributed by atoms with Crippen molar-refractivity contribution in [3.63, 3.8) is 0 Å². The van der Waals surface area contributed by atoms with Crippen LogP contribution in [0.1, 0.15) is 15.9 Å². The molecule has 0 saturated heterocycles. The zero-order valence-electron chi connectivity index (χ0n) is 11.2. The lowest BCUT2D eigenvalue weighted by atomic mass is 10.2. The third-order valence-corrected chi connectivity index (χ3v) is 4.21. The average molecular weight is 482 g/mol. The Morgan fingerprint density at radius 1 is 1.23 bits per heavy atom. The molecule has 0 atom stereocenters. The van der Waals surface area contributed by atoms with Crippen LogP contribution < -0.4 is 10.1 Å². The zero-order chi connectivity index (χ0) is 16.1. The van der Waals surface area contributed by atoms with Gasteiger partial charge in [-0.05, 0) is 58.5 Å². The van der Waals surface area contributed by atoms with Gasteiger partial charge in [-0.1, -0.05) is 28.1 Å². The number of alkyl halides is 2. The summed E-state index contributed by atoms with van der Waals surface area (Å²) in [5.74, 6) is -0.106. The molecule has 2 aromatic carbocycles. The van der Waals surface area contributed by atoms with E-state index in [1.807, 2.05) is 12.1 Å².